The maximum atomic E-state index is 12.0. The number of carbonyl (C=O) groups is 1. The molecular formula is C15H20N2OS. The van der Waals surface area contributed by atoms with E-state index in [2.05, 4.69) is 25.2 Å². The summed E-state index contributed by atoms with van der Waals surface area (Å²) in [5.41, 5.74) is 1.23. The Labute approximate surface area is 119 Å². The Bertz CT molecular complexity index is 467. The summed E-state index contributed by atoms with van der Waals surface area (Å²) in [6, 6.07) is 9.03. The Kier molecular flexibility index (Phi) is 6.44. The van der Waals surface area contributed by atoms with Crippen LogP contribution in [0.5, 0.6) is 0 Å². The van der Waals surface area contributed by atoms with Crippen molar-refractivity contribution < 1.29 is 4.79 Å². The Morgan fingerprint density at radius 3 is 2.84 bits per heavy atom. The van der Waals surface area contributed by atoms with Crippen molar-refractivity contribution in [2.24, 2.45) is 5.92 Å². The van der Waals surface area contributed by atoms with Gasteiger partial charge in [0.2, 0.25) is 5.91 Å². The highest BCUT2D eigenvalue weighted by Gasteiger charge is 2.14. The molecule has 19 heavy (non-hydrogen) atoms. The molecule has 1 N–H and O–H groups in total. The van der Waals surface area contributed by atoms with Gasteiger partial charge in [-0.1, -0.05) is 26.3 Å². The van der Waals surface area contributed by atoms with Crippen LogP contribution in [0, 0.1) is 17.2 Å². The van der Waals surface area contributed by atoms with Gasteiger partial charge in [-0.25, -0.2) is 0 Å². The molecule has 0 saturated heterocycles. The number of amides is 1. The zero-order valence-electron chi connectivity index (χ0n) is 11.6. The number of nitrogens with one attached hydrogen (secondary N) is 1. The van der Waals surface area contributed by atoms with Crippen LogP contribution < -0.4 is 5.32 Å². The number of anilines is 1. The molecule has 1 aromatic carbocycles. The molecule has 1 rings (SSSR count). The van der Waals surface area contributed by atoms with Crippen LogP contribution in [-0.2, 0) is 4.79 Å². The number of carbonyl (C=O) groups excluding carboxylic acids is 1. The van der Waals surface area contributed by atoms with Crippen molar-refractivity contribution in [2.75, 3.05) is 11.1 Å². The minimum atomic E-state index is -0.0836. The van der Waals surface area contributed by atoms with Crippen LogP contribution in [0.3, 0.4) is 0 Å². The van der Waals surface area contributed by atoms with Crippen molar-refractivity contribution in [2.45, 2.75) is 32.4 Å². The molecule has 3 nitrogen and oxygen atoms in total. The lowest BCUT2D eigenvalue weighted by molar-refractivity contribution is -0.115. The molecule has 0 fully saturated rings. The lowest BCUT2D eigenvalue weighted by atomic mass is 10.2. The molecule has 0 heterocycles. The maximum Gasteiger partial charge on any atom is 0.237 e. The highest BCUT2D eigenvalue weighted by Crippen LogP contribution is 2.19. The van der Waals surface area contributed by atoms with Crippen LogP contribution in [0.25, 0.3) is 0 Å². The summed E-state index contributed by atoms with van der Waals surface area (Å²) in [6.07, 6.45) is 1.13. The molecule has 4 heteroatoms. The fourth-order valence-electron chi connectivity index (χ4n) is 1.41. The zero-order valence-corrected chi connectivity index (χ0v) is 12.5. The zero-order chi connectivity index (χ0) is 14.3. The van der Waals surface area contributed by atoms with Gasteiger partial charge in [-0.05, 0) is 36.8 Å². The predicted molar refractivity (Wildman–Crippen MR) is 81.2 cm³/mol. The predicted octanol–water partition coefficient (Wildman–Crippen LogP) is 3.66. The summed E-state index contributed by atoms with van der Waals surface area (Å²) in [6.45, 7) is 6.26. The second-order valence-electron chi connectivity index (χ2n) is 4.67. The van der Waals surface area contributed by atoms with Gasteiger partial charge in [0.05, 0.1) is 16.9 Å². The lowest BCUT2D eigenvalue weighted by Crippen LogP contribution is -2.23. The van der Waals surface area contributed by atoms with Crippen molar-refractivity contribution >= 4 is 23.4 Å². The molecule has 0 bridgehead atoms. The third kappa shape index (κ3) is 5.35. The molecule has 0 aliphatic rings. The summed E-state index contributed by atoms with van der Waals surface area (Å²) in [4.78, 5) is 12.0. The standard InChI is InChI=1S/C15H20N2OS/c1-4-11(2)10-19-12(3)15(18)17-14-7-5-6-13(8-14)9-16/h5-8,11-12H,4,10H2,1-3H3,(H,17,18). The molecule has 1 amide bonds. The topological polar surface area (TPSA) is 52.9 Å². The van der Waals surface area contributed by atoms with Crippen LogP contribution >= 0.6 is 11.8 Å². The van der Waals surface area contributed by atoms with E-state index in [4.69, 9.17) is 5.26 Å². The molecule has 0 aliphatic carbocycles. The molecule has 0 saturated carbocycles. The molecule has 2 atom stereocenters. The first-order chi connectivity index (χ1) is 9.06. The second-order valence-corrected chi connectivity index (χ2v) is 6.04. The third-order valence-electron chi connectivity index (χ3n) is 2.96. The third-order valence-corrected chi connectivity index (χ3v) is 4.43. The number of thioether (sulfide) groups is 1. The van der Waals surface area contributed by atoms with E-state index < -0.39 is 0 Å². The number of hydrogen-bond acceptors (Lipinski definition) is 3. The molecular weight excluding hydrogens is 256 g/mol. The van der Waals surface area contributed by atoms with E-state index in [9.17, 15) is 4.79 Å². The lowest BCUT2D eigenvalue weighted by Gasteiger charge is -2.14. The SMILES string of the molecule is CCC(C)CSC(C)C(=O)Nc1cccc(C#N)c1. The van der Waals surface area contributed by atoms with Gasteiger partial charge in [-0.3, -0.25) is 4.79 Å². The van der Waals surface area contributed by atoms with Crippen molar-refractivity contribution in [3.05, 3.63) is 29.8 Å². The van der Waals surface area contributed by atoms with Gasteiger partial charge >= 0.3 is 0 Å². The van der Waals surface area contributed by atoms with E-state index in [0.717, 1.165) is 12.2 Å². The Balaban J connectivity index is 2.52. The van der Waals surface area contributed by atoms with Crippen LogP contribution in [-0.4, -0.2) is 16.9 Å². The largest absolute Gasteiger partial charge is 0.325 e. The fourth-order valence-corrected chi connectivity index (χ4v) is 2.48. The van der Waals surface area contributed by atoms with Crippen molar-refractivity contribution in [1.29, 1.82) is 5.26 Å². The summed E-state index contributed by atoms with van der Waals surface area (Å²) < 4.78 is 0. The van der Waals surface area contributed by atoms with E-state index in [-0.39, 0.29) is 11.2 Å². The molecule has 0 aromatic heterocycles. The molecule has 0 radical (unpaired) electrons. The number of benzene rings is 1. The second kappa shape index (κ2) is 7.85. The molecule has 2 unspecified atom stereocenters. The van der Waals surface area contributed by atoms with E-state index in [1.807, 2.05) is 6.92 Å². The first-order valence-electron chi connectivity index (χ1n) is 6.49. The minimum Gasteiger partial charge on any atom is -0.325 e. The Morgan fingerprint density at radius 1 is 1.47 bits per heavy atom. The van der Waals surface area contributed by atoms with Crippen LogP contribution in [0.1, 0.15) is 32.8 Å². The summed E-state index contributed by atoms with van der Waals surface area (Å²) in [7, 11) is 0. The fraction of sp³-hybridized carbons (Fsp3) is 0.467. The first kappa shape index (κ1) is 15.6. The van der Waals surface area contributed by atoms with Crippen molar-refractivity contribution in [1.82, 2.24) is 0 Å². The van der Waals surface area contributed by atoms with Gasteiger partial charge < -0.3 is 5.32 Å². The van der Waals surface area contributed by atoms with E-state index in [0.29, 0.717) is 17.2 Å². The number of nitrogens with zero attached hydrogens (tertiary/aromatic N) is 1. The average Bonchev–Trinajstić information content (AvgIpc) is 2.44. The summed E-state index contributed by atoms with van der Waals surface area (Å²) in [5.74, 6) is 1.61. The normalized spacial score (nSPS) is 13.4. The van der Waals surface area contributed by atoms with Crippen LogP contribution in [0.4, 0.5) is 5.69 Å². The van der Waals surface area contributed by atoms with Crippen LogP contribution in [0.2, 0.25) is 0 Å². The molecule has 0 spiro atoms. The first-order valence-corrected chi connectivity index (χ1v) is 7.54. The van der Waals surface area contributed by atoms with Gasteiger partial charge in [0.25, 0.3) is 0 Å². The van der Waals surface area contributed by atoms with Gasteiger partial charge in [0, 0.05) is 5.69 Å². The van der Waals surface area contributed by atoms with Gasteiger partial charge in [0.15, 0.2) is 0 Å². The van der Waals surface area contributed by atoms with E-state index >= 15 is 0 Å². The molecule has 0 aliphatic heterocycles. The molecule has 102 valence electrons. The summed E-state index contributed by atoms with van der Waals surface area (Å²) in [5, 5.41) is 11.6. The number of hydrogen-bond donors (Lipinski definition) is 1. The minimum absolute atomic E-state index is 0.0107. The average molecular weight is 276 g/mol. The monoisotopic (exact) mass is 276 g/mol. The Morgan fingerprint density at radius 2 is 2.21 bits per heavy atom. The summed E-state index contributed by atoms with van der Waals surface area (Å²) >= 11 is 1.67. The Hall–Kier alpha value is -1.47. The highest BCUT2D eigenvalue weighted by molar-refractivity contribution is 8.00. The van der Waals surface area contributed by atoms with E-state index in [1.165, 1.54) is 0 Å². The van der Waals surface area contributed by atoms with Gasteiger partial charge in [-0.15, -0.1) is 11.8 Å². The van der Waals surface area contributed by atoms with E-state index in [1.54, 1.807) is 36.0 Å². The van der Waals surface area contributed by atoms with Crippen molar-refractivity contribution in [3.8, 4) is 6.07 Å². The smallest absolute Gasteiger partial charge is 0.237 e. The molecule has 1 aromatic rings. The van der Waals surface area contributed by atoms with Gasteiger partial charge in [0.1, 0.15) is 0 Å². The highest BCUT2D eigenvalue weighted by atomic mass is 32.2. The van der Waals surface area contributed by atoms with Gasteiger partial charge in [-0.2, -0.15) is 5.26 Å². The quantitative estimate of drug-likeness (QED) is 0.862. The van der Waals surface area contributed by atoms with Crippen molar-refractivity contribution in [3.63, 3.8) is 0 Å². The van der Waals surface area contributed by atoms with Crippen LogP contribution in [0.15, 0.2) is 24.3 Å². The maximum absolute atomic E-state index is 12.0. The number of rotatable bonds is 6. The number of nitriles is 1.